The summed E-state index contributed by atoms with van der Waals surface area (Å²) in [4.78, 5) is 32.0. The van der Waals surface area contributed by atoms with Gasteiger partial charge in [-0.25, -0.2) is 14.8 Å². The zero-order valence-electron chi connectivity index (χ0n) is 14.1. The molecule has 0 unspecified atom stereocenters. The molecular weight excluding hydrogens is 308 g/mol. The van der Waals surface area contributed by atoms with E-state index in [0.29, 0.717) is 22.8 Å². The van der Waals surface area contributed by atoms with Crippen molar-refractivity contribution in [2.24, 2.45) is 0 Å². The third kappa shape index (κ3) is 4.77. The van der Waals surface area contributed by atoms with Gasteiger partial charge in [-0.1, -0.05) is 6.07 Å². The van der Waals surface area contributed by atoms with E-state index in [1.807, 2.05) is 20.8 Å². The number of carbonyl (C=O) groups excluding carboxylic acids is 2. The molecule has 1 aromatic carbocycles. The van der Waals surface area contributed by atoms with Crippen LogP contribution in [0.2, 0.25) is 0 Å². The fourth-order valence-corrected chi connectivity index (χ4v) is 1.89. The summed E-state index contributed by atoms with van der Waals surface area (Å²) in [6, 6.07) is 6.49. The van der Waals surface area contributed by atoms with Gasteiger partial charge in [-0.3, -0.25) is 4.79 Å². The monoisotopic (exact) mass is 328 g/mol. The molecule has 0 spiro atoms. The zero-order valence-corrected chi connectivity index (χ0v) is 14.1. The second kappa shape index (κ2) is 7.08. The van der Waals surface area contributed by atoms with Gasteiger partial charge in [0.1, 0.15) is 0 Å². The molecule has 2 aromatic rings. The van der Waals surface area contributed by atoms with E-state index in [0.717, 1.165) is 0 Å². The summed E-state index contributed by atoms with van der Waals surface area (Å²) in [5, 5.41) is 5.82. The average Bonchev–Trinajstić information content (AvgIpc) is 2.53. The van der Waals surface area contributed by atoms with Crippen molar-refractivity contribution >= 4 is 23.5 Å². The van der Waals surface area contributed by atoms with Crippen molar-refractivity contribution in [3.05, 3.63) is 47.8 Å². The van der Waals surface area contributed by atoms with Gasteiger partial charge < -0.3 is 15.4 Å². The number of hydrogen-bond donors (Lipinski definition) is 2. The Balaban J connectivity index is 2.08. The van der Waals surface area contributed by atoms with Crippen molar-refractivity contribution in [3.8, 4) is 0 Å². The lowest BCUT2D eigenvalue weighted by atomic mass is 10.1. The first kappa shape index (κ1) is 17.4. The van der Waals surface area contributed by atoms with Crippen LogP contribution in [0.4, 0.5) is 11.6 Å². The number of aromatic nitrogens is 2. The Hall–Kier alpha value is -2.96. The van der Waals surface area contributed by atoms with Gasteiger partial charge in [0.15, 0.2) is 0 Å². The van der Waals surface area contributed by atoms with Gasteiger partial charge in [-0.2, -0.15) is 0 Å². The number of benzene rings is 1. The number of hydrogen-bond acceptors (Lipinski definition) is 6. The summed E-state index contributed by atoms with van der Waals surface area (Å²) >= 11 is 0. The first-order chi connectivity index (χ1) is 11.3. The number of rotatable bonds is 4. The molecule has 0 aliphatic heterocycles. The van der Waals surface area contributed by atoms with Crippen LogP contribution in [0.5, 0.6) is 0 Å². The number of nitrogens with one attached hydrogen (secondary N) is 2. The highest BCUT2D eigenvalue weighted by Crippen LogP contribution is 2.14. The fraction of sp³-hybridized carbons (Fsp3) is 0.294. The highest BCUT2D eigenvalue weighted by molar-refractivity contribution is 6.04. The standard InChI is InChI=1S/C17H20N4O3/c1-17(2,3)21-16-18-9-12(10-19-16)14(22)20-13-7-5-6-11(8-13)15(23)24-4/h5-10H,1-4H3,(H,20,22)(H,18,19,21). The molecule has 2 rings (SSSR count). The molecule has 126 valence electrons. The summed E-state index contributed by atoms with van der Waals surface area (Å²) in [6.45, 7) is 5.97. The van der Waals surface area contributed by atoms with E-state index in [4.69, 9.17) is 0 Å². The minimum Gasteiger partial charge on any atom is -0.465 e. The van der Waals surface area contributed by atoms with Crippen LogP contribution in [0, 0.1) is 0 Å². The smallest absolute Gasteiger partial charge is 0.337 e. The lowest BCUT2D eigenvalue weighted by Crippen LogP contribution is -2.27. The minimum atomic E-state index is -0.466. The second-order valence-electron chi connectivity index (χ2n) is 6.20. The van der Waals surface area contributed by atoms with Gasteiger partial charge >= 0.3 is 5.97 Å². The molecule has 7 nitrogen and oxygen atoms in total. The summed E-state index contributed by atoms with van der Waals surface area (Å²) in [5.41, 5.74) is 0.993. The first-order valence-electron chi connectivity index (χ1n) is 7.38. The number of esters is 1. The molecule has 0 aliphatic rings. The SMILES string of the molecule is COC(=O)c1cccc(NC(=O)c2cnc(NC(C)(C)C)nc2)c1. The van der Waals surface area contributed by atoms with E-state index in [-0.39, 0.29) is 11.4 Å². The third-order valence-electron chi connectivity index (χ3n) is 2.94. The summed E-state index contributed by atoms with van der Waals surface area (Å²) < 4.78 is 4.66. The lowest BCUT2D eigenvalue weighted by molar-refractivity contribution is 0.0600. The quantitative estimate of drug-likeness (QED) is 0.838. The Kier molecular flexibility index (Phi) is 5.13. The van der Waals surface area contributed by atoms with Crippen LogP contribution in [0.1, 0.15) is 41.5 Å². The molecule has 0 saturated carbocycles. The molecule has 7 heteroatoms. The molecule has 0 radical (unpaired) electrons. The van der Waals surface area contributed by atoms with Crippen LogP contribution in [-0.2, 0) is 4.74 Å². The number of ether oxygens (including phenoxy) is 1. The van der Waals surface area contributed by atoms with Crippen LogP contribution in [-0.4, -0.2) is 34.5 Å². The van der Waals surface area contributed by atoms with Gasteiger partial charge in [-0.05, 0) is 39.0 Å². The number of methoxy groups -OCH3 is 1. The number of nitrogens with zero attached hydrogens (tertiary/aromatic N) is 2. The zero-order chi connectivity index (χ0) is 17.7. The molecule has 0 fully saturated rings. The number of amides is 1. The van der Waals surface area contributed by atoms with Gasteiger partial charge in [0.25, 0.3) is 5.91 Å². The maximum atomic E-state index is 12.2. The predicted molar refractivity (Wildman–Crippen MR) is 91.1 cm³/mol. The Morgan fingerprint density at radius 1 is 1.08 bits per heavy atom. The maximum Gasteiger partial charge on any atom is 0.337 e. The van der Waals surface area contributed by atoms with Crippen molar-refractivity contribution in [1.82, 2.24) is 9.97 Å². The van der Waals surface area contributed by atoms with E-state index < -0.39 is 5.97 Å². The van der Waals surface area contributed by atoms with Crippen LogP contribution in [0.15, 0.2) is 36.7 Å². The van der Waals surface area contributed by atoms with E-state index >= 15 is 0 Å². The molecule has 0 saturated heterocycles. The molecule has 0 aliphatic carbocycles. The molecule has 1 heterocycles. The normalized spacial score (nSPS) is 10.8. The van der Waals surface area contributed by atoms with E-state index in [1.54, 1.807) is 24.3 Å². The summed E-state index contributed by atoms with van der Waals surface area (Å²) in [5.74, 6) is -0.377. The van der Waals surface area contributed by atoms with Gasteiger partial charge in [0.2, 0.25) is 5.95 Å². The van der Waals surface area contributed by atoms with Crippen molar-refractivity contribution < 1.29 is 14.3 Å². The summed E-state index contributed by atoms with van der Waals surface area (Å²) in [7, 11) is 1.30. The van der Waals surface area contributed by atoms with Gasteiger partial charge in [0.05, 0.1) is 18.2 Å². The number of carbonyl (C=O) groups is 2. The molecule has 24 heavy (non-hydrogen) atoms. The van der Waals surface area contributed by atoms with Gasteiger partial charge in [-0.15, -0.1) is 0 Å². The largest absolute Gasteiger partial charge is 0.465 e. The topological polar surface area (TPSA) is 93.2 Å². The van der Waals surface area contributed by atoms with Crippen molar-refractivity contribution in [2.75, 3.05) is 17.7 Å². The Labute approximate surface area is 140 Å². The average molecular weight is 328 g/mol. The van der Waals surface area contributed by atoms with Crippen LogP contribution in [0.25, 0.3) is 0 Å². The predicted octanol–water partition coefficient (Wildman–Crippen LogP) is 2.73. The minimum absolute atomic E-state index is 0.169. The second-order valence-corrected chi connectivity index (χ2v) is 6.20. The van der Waals surface area contributed by atoms with Gasteiger partial charge in [0, 0.05) is 23.6 Å². The summed E-state index contributed by atoms with van der Waals surface area (Å²) in [6.07, 6.45) is 2.89. The molecule has 0 atom stereocenters. The van der Waals surface area contributed by atoms with Crippen LogP contribution >= 0.6 is 0 Å². The molecule has 2 N–H and O–H groups in total. The van der Waals surface area contributed by atoms with Crippen LogP contribution in [0.3, 0.4) is 0 Å². The van der Waals surface area contributed by atoms with E-state index in [2.05, 4.69) is 25.3 Å². The Bertz CT molecular complexity index is 736. The van der Waals surface area contributed by atoms with Crippen molar-refractivity contribution in [2.45, 2.75) is 26.3 Å². The van der Waals surface area contributed by atoms with Crippen LogP contribution < -0.4 is 10.6 Å². The Morgan fingerprint density at radius 3 is 2.33 bits per heavy atom. The fourth-order valence-electron chi connectivity index (χ4n) is 1.89. The maximum absolute atomic E-state index is 12.2. The van der Waals surface area contributed by atoms with Crippen molar-refractivity contribution in [3.63, 3.8) is 0 Å². The molecular formula is C17H20N4O3. The number of anilines is 2. The lowest BCUT2D eigenvalue weighted by Gasteiger charge is -2.20. The Morgan fingerprint density at radius 2 is 1.75 bits per heavy atom. The highest BCUT2D eigenvalue weighted by Gasteiger charge is 2.13. The third-order valence-corrected chi connectivity index (χ3v) is 2.94. The first-order valence-corrected chi connectivity index (χ1v) is 7.38. The van der Waals surface area contributed by atoms with E-state index in [9.17, 15) is 9.59 Å². The highest BCUT2D eigenvalue weighted by atomic mass is 16.5. The van der Waals surface area contributed by atoms with E-state index in [1.165, 1.54) is 19.5 Å². The van der Waals surface area contributed by atoms with Crippen molar-refractivity contribution in [1.29, 1.82) is 0 Å². The molecule has 1 aromatic heterocycles. The molecule has 1 amide bonds. The molecule has 0 bridgehead atoms.